The van der Waals surface area contributed by atoms with Gasteiger partial charge in [0.1, 0.15) is 0 Å². The lowest BCUT2D eigenvalue weighted by Gasteiger charge is -2.24. The SMILES string of the molecule is CC(C)NC(=O)CNC(=O)c1cc(N2CCCN(CCO)CC2)ccc1N. The third-order valence-electron chi connectivity index (χ3n) is 4.51. The fourth-order valence-electron chi connectivity index (χ4n) is 3.16. The van der Waals surface area contributed by atoms with Crippen LogP contribution in [0, 0.1) is 0 Å². The molecule has 5 N–H and O–H groups in total. The number of hydrogen-bond acceptors (Lipinski definition) is 6. The summed E-state index contributed by atoms with van der Waals surface area (Å²) in [5.41, 5.74) is 7.68. The zero-order valence-electron chi connectivity index (χ0n) is 16.2. The summed E-state index contributed by atoms with van der Waals surface area (Å²) in [7, 11) is 0. The summed E-state index contributed by atoms with van der Waals surface area (Å²) in [5.74, 6) is -0.588. The number of nitrogens with one attached hydrogen (secondary N) is 2. The number of rotatable bonds is 7. The number of amides is 2. The number of nitrogens with two attached hydrogens (primary N) is 1. The Bertz CT molecular complexity index is 650. The lowest BCUT2D eigenvalue weighted by atomic mass is 10.1. The molecule has 1 saturated heterocycles. The maximum Gasteiger partial charge on any atom is 0.253 e. The van der Waals surface area contributed by atoms with Crippen LogP contribution in [0.2, 0.25) is 0 Å². The molecule has 8 heteroatoms. The van der Waals surface area contributed by atoms with E-state index >= 15 is 0 Å². The summed E-state index contributed by atoms with van der Waals surface area (Å²) >= 11 is 0. The maximum absolute atomic E-state index is 12.5. The minimum Gasteiger partial charge on any atom is -0.398 e. The molecule has 0 aliphatic carbocycles. The van der Waals surface area contributed by atoms with Crippen LogP contribution in [0.1, 0.15) is 30.6 Å². The smallest absolute Gasteiger partial charge is 0.253 e. The monoisotopic (exact) mass is 377 g/mol. The van der Waals surface area contributed by atoms with Crippen molar-refractivity contribution in [3.63, 3.8) is 0 Å². The Morgan fingerprint density at radius 1 is 1.22 bits per heavy atom. The number of hydrogen-bond donors (Lipinski definition) is 4. The van der Waals surface area contributed by atoms with E-state index in [2.05, 4.69) is 20.4 Å². The molecule has 1 fully saturated rings. The van der Waals surface area contributed by atoms with Gasteiger partial charge in [0.25, 0.3) is 5.91 Å². The summed E-state index contributed by atoms with van der Waals surface area (Å²) in [6.07, 6.45) is 0.987. The Kier molecular flexibility index (Phi) is 7.87. The Morgan fingerprint density at radius 2 is 2.00 bits per heavy atom. The molecule has 1 heterocycles. The largest absolute Gasteiger partial charge is 0.398 e. The lowest BCUT2D eigenvalue weighted by molar-refractivity contribution is -0.120. The highest BCUT2D eigenvalue weighted by Gasteiger charge is 2.18. The molecular formula is C19H31N5O3. The van der Waals surface area contributed by atoms with Crippen LogP contribution in [0.25, 0.3) is 0 Å². The highest BCUT2D eigenvalue weighted by Crippen LogP contribution is 2.22. The van der Waals surface area contributed by atoms with E-state index < -0.39 is 0 Å². The molecule has 1 aliphatic heterocycles. The fourth-order valence-corrected chi connectivity index (χ4v) is 3.16. The van der Waals surface area contributed by atoms with Crippen LogP contribution < -0.4 is 21.3 Å². The highest BCUT2D eigenvalue weighted by atomic mass is 16.3. The molecule has 0 radical (unpaired) electrons. The predicted octanol–water partition coefficient (Wildman–Crippen LogP) is 0.0276. The van der Waals surface area contributed by atoms with E-state index in [9.17, 15) is 9.59 Å². The van der Waals surface area contributed by atoms with Gasteiger partial charge in [-0.25, -0.2) is 0 Å². The van der Waals surface area contributed by atoms with Gasteiger partial charge in [0.15, 0.2) is 0 Å². The van der Waals surface area contributed by atoms with Crippen molar-refractivity contribution >= 4 is 23.2 Å². The molecule has 2 rings (SSSR count). The molecule has 1 aromatic carbocycles. The molecule has 0 unspecified atom stereocenters. The molecule has 0 saturated carbocycles. The van der Waals surface area contributed by atoms with Crippen molar-refractivity contribution in [3.05, 3.63) is 23.8 Å². The molecule has 0 aromatic heterocycles. The average Bonchev–Trinajstić information content (AvgIpc) is 2.85. The lowest BCUT2D eigenvalue weighted by Crippen LogP contribution is -2.40. The predicted molar refractivity (Wildman–Crippen MR) is 107 cm³/mol. The van der Waals surface area contributed by atoms with Gasteiger partial charge < -0.3 is 26.4 Å². The summed E-state index contributed by atoms with van der Waals surface area (Å²) in [6.45, 7) is 8.00. The van der Waals surface area contributed by atoms with Gasteiger partial charge in [0, 0.05) is 43.6 Å². The van der Waals surface area contributed by atoms with Crippen LogP contribution in [-0.4, -0.2) is 73.7 Å². The van der Waals surface area contributed by atoms with E-state index in [0.717, 1.165) is 38.3 Å². The van der Waals surface area contributed by atoms with Crippen LogP contribution in [0.15, 0.2) is 18.2 Å². The normalized spacial score (nSPS) is 15.5. The Morgan fingerprint density at radius 3 is 2.70 bits per heavy atom. The minimum atomic E-state index is -0.356. The second-order valence-corrected chi connectivity index (χ2v) is 7.08. The number of β-amino-alcohol motifs (C(OH)–C–C–N with tert-alkyl or cyclic N) is 1. The quantitative estimate of drug-likeness (QED) is 0.499. The van der Waals surface area contributed by atoms with Crippen molar-refractivity contribution in [1.82, 2.24) is 15.5 Å². The molecule has 150 valence electrons. The number of nitrogens with zero attached hydrogens (tertiary/aromatic N) is 2. The molecular weight excluding hydrogens is 346 g/mol. The Hall–Kier alpha value is -2.32. The number of aliphatic hydroxyl groups is 1. The standard InChI is InChI=1S/C19H31N5O3/c1-14(2)22-18(26)13-21-19(27)16-12-15(4-5-17(16)20)24-7-3-6-23(8-9-24)10-11-25/h4-5,12,14,25H,3,6-11,13,20H2,1-2H3,(H,21,27)(H,22,26). The first-order valence-electron chi connectivity index (χ1n) is 9.46. The first-order valence-corrected chi connectivity index (χ1v) is 9.46. The topological polar surface area (TPSA) is 111 Å². The second kappa shape index (κ2) is 10.1. The van der Waals surface area contributed by atoms with E-state index in [4.69, 9.17) is 10.8 Å². The third kappa shape index (κ3) is 6.41. The van der Waals surface area contributed by atoms with Gasteiger partial charge in [0.2, 0.25) is 5.91 Å². The molecule has 1 aromatic rings. The Balaban J connectivity index is 2.02. The fraction of sp³-hybridized carbons (Fsp3) is 0.579. The number of carbonyl (C=O) groups is 2. The molecule has 1 aliphatic rings. The summed E-state index contributed by atoms with van der Waals surface area (Å²) in [5, 5.41) is 14.5. The molecule has 2 amide bonds. The van der Waals surface area contributed by atoms with Gasteiger partial charge in [-0.1, -0.05) is 0 Å². The zero-order valence-corrected chi connectivity index (χ0v) is 16.2. The van der Waals surface area contributed by atoms with Crippen molar-refractivity contribution in [3.8, 4) is 0 Å². The van der Waals surface area contributed by atoms with E-state index in [-0.39, 0.29) is 31.0 Å². The van der Waals surface area contributed by atoms with Gasteiger partial charge in [-0.2, -0.15) is 0 Å². The third-order valence-corrected chi connectivity index (χ3v) is 4.51. The molecule has 8 nitrogen and oxygen atoms in total. The van der Waals surface area contributed by atoms with E-state index in [1.165, 1.54) is 0 Å². The average molecular weight is 377 g/mol. The number of aliphatic hydroxyl groups excluding tert-OH is 1. The van der Waals surface area contributed by atoms with E-state index in [1.54, 1.807) is 12.1 Å². The number of nitrogen functional groups attached to an aromatic ring is 1. The first kappa shape index (κ1) is 21.0. The second-order valence-electron chi connectivity index (χ2n) is 7.08. The van der Waals surface area contributed by atoms with Gasteiger partial charge in [-0.05, 0) is 45.0 Å². The van der Waals surface area contributed by atoms with Gasteiger partial charge in [-0.3, -0.25) is 14.5 Å². The van der Waals surface area contributed by atoms with Crippen LogP contribution in [0.3, 0.4) is 0 Å². The summed E-state index contributed by atoms with van der Waals surface area (Å²) in [6, 6.07) is 5.46. The molecule has 0 bridgehead atoms. The van der Waals surface area contributed by atoms with E-state index in [0.29, 0.717) is 17.8 Å². The van der Waals surface area contributed by atoms with Crippen LogP contribution in [0.5, 0.6) is 0 Å². The van der Waals surface area contributed by atoms with Gasteiger partial charge in [-0.15, -0.1) is 0 Å². The van der Waals surface area contributed by atoms with Gasteiger partial charge in [0.05, 0.1) is 18.7 Å². The van der Waals surface area contributed by atoms with Crippen molar-refractivity contribution in [1.29, 1.82) is 0 Å². The maximum atomic E-state index is 12.5. The summed E-state index contributed by atoms with van der Waals surface area (Å²) < 4.78 is 0. The van der Waals surface area contributed by atoms with Crippen LogP contribution in [-0.2, 0) is 4.79 Å². The minimum absolute atomic E-state index is 0.0243. The van der Waals surface area contributed by atoms with Crippen LogP contribution >= 0.6 is 0 Å². The van der Waals surface area contributed by atoms with Crippen molar-refractivity contribution in [2.75, 3.05) is 56.5 Å². The zero-order chi connectivity index (χ0) is 19.8. The number of anilines is 2. The highest BCUT2D eigenvalue weighted by molar-refractivity contribution is 6.01. The van der Waals surface area contributed by atoms with E-state index in [1.807, 2.05) is 19.9 Å². The van der Waals surface area contributed by atoms with Gasteiger partial charge >= 0.3 is 0 Å². The summed E-state index contributed by atoms with van der Waals surface area (Å²) in [4.78, 5) is 28.6. The Labute approximate surface area is 160 Å². The first-order chi connectivity index (χ1) is 12.9. The molecule has 0 spiro atoms. The molecule has 27 heavy (non-hydrogen) atoms. The van der Waals surface area contributed by atoms with Crippen molar-refractivity contribution in [2.45, 2.75) is 26.3 Å². The number of carbonyl (C=O) groups excluding carboxylic acids is 2. The molecule has 0 atom stereocenters. The van der Waals surface area contributed by atoms with Crippen molar-refractivity contribution in [2.24, 2.45) is 0 Å². The number of benzene rings is 1. The van der Waals surface area contributed by atoms with Crippen LogP contribution in [0.4, 0.5) is 11.4 Å². The van der Waals surface area contributed by atoms with Crippen molar-refractivity contribution < 1.29 is 14.7 Å².